The fourth-order valence-corrected chi connectivity index (χ4v) is 1.89. The molecule has 9 heteroatoms. The van der Waals surface area contributed by atoms with Gasteiger partial charge in [-0.1, -0.05) is 22.9 Å². The number of rotatable bonds is 4. The zero-order valence-electron chi connectivity index (χ0n) is 8.51. The molecule has 1 heterocycles. The molecule has 0 unspecified atom stereocenters. The highest BCUT2D eigenvalue weighted by Crippen LogP contribution is 2.30. The van der Waals surface area contributed by atoms with E-state index in [1.807, 2.05) is 0 Å². The van der Waals surface area contributed by atoms with Gasteiger partial charge < -0.3 is 9.47 Å². The number of aromatic nitrogens is 1. The molecular formula is C8H7ClF3NO3S. The number of carbonyl (C=O) groups is 1. The summed E-state index contributed by atoms with van der Waals surface area (Å²) < 4.78 is 44.6. The molecule has 4 nitrogen and oxygen atoms in total. The second-order valence-electron chi connectivity index (χ2n) is 2.80. The summed E-state index contributed by atoms with van der Waals surface area (Å²) in [5, 5.41) is -0.247. The number of halogens is 4. The van der Waals surface area contributed by atoms with Crippen molar-refractivity contribution in [2.24, 2.45) is 0 Å². The molecule has 0 amide bonds. The Labute approximate surface area is 103 Å². The average Bonchev–Trinajstić information content (AvgIpc) is 2.57. The van der Waals surface area contributed by atoms with Crippen molar-refractivity contribution in [1.82, 2.24) is 4.98 Å². The van der Waals surface area contributed by atoms with Gasteiger partial charge in [0.05, 0.1) is 20.1 Å². The first kappa shape index (κ1) is 14.0. The minimum absolute atomic E-state index is 0.00354. The van der Waals surface area contributed by atoms with Gasteiger partial charge in [-0.15, -0.1) is 0 Å². The minimum atomic E-state index is -4.30. The maximum atomic E-state index is 11.8. The number of ether oxygens (including phenoxy) is 2. The summed E-state index contributed by atoms with van der Waals surface area (Å²) in [7, 11) is 1.16. The highest BCUT2D eigenvalue weighted by molar-refractivity contribution is 7.15. The van der Waals surface area contributed by atoms with Crippen molar-refractivity contribution < 1.29 is 27.4 Å². The van der Waals surface area contributed by atoms with Crippen molar-refractivity contribution >= 4 is 28.9 Å². The molecule has 0 N–H and O–H groups in total. The van der Waals surface area contributed by atoms with E-state index < -0.39 is 25.2 Å². The lowest BCUT2D eigenvalue weighted by molar-refractivity contribution is -0.139. The maximum absolute atomic E-state index is 11.8. The predicted octanol–water partition coefficient (Wildman–Crippen LogP) is 2.91. The highest BCUT2D eigenvalue weighted by atomic mass is 35.5. The van der Waals surface area contributed by atoms with Gasteiger partial charge in [0.15, 0.2) is 10.0 Å². The Morgan fingerprint density at radius 1 is 1.53 bits per heavy atom. The summed E-state index contributed by atoms with van der Waals surface area (Å²) in [6.07, 6.45) is -5.40. The summed E-state index contributed by atoms with van der Waals surface area (Å²) in [6.45, 7) is -0.575. The predicted molar refractivity (Wildman–Crippen MR) is 54.6 cm³/mol. The van der Waals surface area contributed by atoms with Crippen LogP contribution in [0.3, 0.4) is 0 Å². The number of hydrogen-bond acceptors (Lipinski definition) is 5. The van der Waals surface area contributed by atoms with Crippen molar-refractivity contribution in [2.45, 2.75) is 12.6 Å². The van der Waals surface area contributed by atoms with Crippen molar-refractivity contribution in [1.29, 1.82) is 0 Å². The molecular weight excluding hydrogens is 283 g/mol. The third kappa shape index (κ3) is 4.39. The highest BCUT2D eigenvalue weighted by Gasteiger charge is 2.27. The van der Waals surface area contributed by atoms with Crippen molar-refractivity contribution in [3.05, 3.63) is 10.0 Å². The largest absolute Gasteiger partial charge is 0.470 e. The molecule has 0 aliphatic heterocycles. The number of alkyl halides is 3. The Hall–Kier alpha value is -1.02. The van der Waals surface area contributed by atoms with Gasteiger partial charge in [-0.05, 0) is 0 Å². The fourth-order valence-electron chi connectivity index (χ4n) is 0.818. The molecule has 0 aliphatic rings. The van der Waals surface area contributed by atoms with E-state index >= 15 is 0 Å². The number of thiazole rings is 1. The molecule has 0 radical (unpaired) electrons. The van der Waals surface area contributed by atoms with E-state index in [4.69, 9.17) is 16.3 Å². The number of esters is 1. The molecule has 0 fully saturated rings. The number of methoxy groups -OCH3 is 1. The summed E-state index contributed by atoms with van der Waals surface area (Å²) >= 11 is 6.32. The van der Waals surface area contributed by atoms with E-state index in [0.29, 0.717) is 0 Å². The average molecular weight is 290 g/mol. The van der Waals surface area contributed by atoms with Crippen LogP contribution in [0, 0.1) is 0 Å². The van der Waals surface area contributed by atoms with E-state index in [9.17, 15) is 18.0 Å². The molecule has 0 atom stereocenters. The third-order valence-electron chi connectivity index (χ3n) is 1.55. The van der Waals surface area contributed by atoms with Gasteiger partial charge in [-0.2, -0.15) is 18.2 Å². The Morgan fingerprint density at radius 3 is 2.71 bits per heavy atom. The van der Waals surface area contributed by atoms with Gasteiger partial charge >= 0.3 is 12.1 Å². The lowest BCUT2D eigenvalue weighted by Crippen LogP contribution is -2.12. The molecule has 0 aromatic carbocycles. The van der Waals surface area contributed by atoms with Crippen LogP contribution >= 0.6 is 22.9 Å². The quantitative estimate of drug-likeness (QED) is 0.800. The first-order chi connectivity index (χ1) is 7.83. The maximum Gasteiger partial charge on any atom is 0.392 e. The molecule has 0 aliphatic carbocycles. The second-order valence-corrected chi connectivity index (χ2v) is 4.12. The van der Waals surface area contributed by atoms with Crippen LogP contribution in [0.15, 0.2) is 0 Å². The Morgan fingerprint density at radius 2 is 2.18 bits per heavy atom. The first-order valence-electron chi connectivity index (χ1n) is 4.27. The van der Waals surface area contributed by atoms with Crippen LogP contribution in [0.4, 0.5) is 13.2 Å². The smallest absolute Gasteiger partial charge is 0.392 e. The van der Waals surface area contributed by atoms with Crippen LogP contribution in [0.5, 0.6) is 5.19 Å². The van der Waals surface area contributed by atoms with Gasteiger partial charge in [0.2, 0.25) is 0 Å². The van der Waals surface area contributed by atoms with E-state index in [2.05, 4.69) is 9.72 Å². The number of nitrogens with zero attached hydrogens (tertiary/aromatic N) is 1. The van der Waals surface area contributed by atoms with E-state index in [-0.39, 0.29) is 15.2 Å². The first-order valence-corrected chi connectivity index (χ1v) is 5.47. The monoisotopic (exact) mass is 289 g/mol. The third-order valence-corrected chi connectivity index (χ3v) is 2.88. The lowest BCUT2D eigenvalue weighted by Gasteiger charge is -2.05. The van der Waals surface area contributed by atoms with Crippen LogP contribution in [0.1, 0.15) is 16.1 Å². The minimum Gasteiger partial charge on any atom is -0.470 e. The molecule has 1 aromatic heterocycles. The molecule has 0 saturated carbocycles. The Bertz CT molecular complexity index is 407. The van der Waals surface area contributed by atoms with Crippen LogP contribution in [-0.4, -0.2) is 30.8 Å². The number of hydrogen-bond donors (Lipinski definition) is 0. The van der Waals surface area contributed by atoms with Crippen molar-refractivity contribution in [2.75, 3.05) is 13.7 Å². The SMILES string of the molecule is COC(=O)c1sc(OCCC(F)(F)F)nc1Cl. The standard InChI is InChI=1S/C8H7ClF3NO3S/c1-15-6(14)4-5(9)13-7(17-4)16-3-2-8(10,11)12/h2-3H2,1H3. The zero-order valence-corrected chi connectivity index (χ0v) is 10.1. The van der Waals surface area contributed by atoms with Gasteiger partial charge in [-0.25, -0.2) is 4.79 Å². The van der Waals surface area contributed by atoms with Crippen molar-refractivity contribution in [3.8, 4) is 5.19 Å². The summed E-state index contributed by atoms with van der Waals surface area (Å²) in [4.78, 5) is 14.7. The summed E-state index contributed by atoms with van der Waals surface area (Å²) in [6, 6.07) is 0. The topological polar surface area (TPSA) is 48.4 Å². The van der Waals surface area contributed by atoms with Gasteiger partial charge in [-0.3, -0.25) is 0 Å². The number of carbonyl (C=O) groups excluding carboxylic acids is 1. The van der Waals surface area contributed by atoms with Gasteiger partial charge in [0.1, 0.15) is 0 Å². The van der Waals surface area contributed by atoms with Crippen LogP contribution < -0.4 is 4.74 Å². The fraction of sp³-hybridized carbons (Fsp3) is 0.500. The molecule has 0 bridgehead atoms. The molecule has 1 aromatic rings. The Balaban J connectivity index is 2.59. The van der Waals surface area contributed by atoms with Crippen LogP contribution in [0.2, 0.25) is 5.15 Å². The molecule has 0 saturated heterocycles. The molecule has 1 rings (SSSR count). The van der Waals surface area contributed by atoms with Gasteiger partial charge in [0.25, 0.3) is 5.19 Å². The Kier molecular flexibility index (Phi) is 4.58. The van der Waals surface area contributed by atoms with Crippen molar-refractivity contribution in [3.63, 3.8) is 0 Å². The molecule has 0 spiro atoms. The zero-order chi connectivity index (χ0) is 13.1. The van der Waals surface area contributed by atoms with E-state index in [0.717, 1.165) is 18.4 Å². The normalized spacial score (nSPS) is 11.4. The van der Waals surface area contributed by atoms with Gasteiger partial charge in [0, 0.05) is 0 Å². The second kappa shape index (κ2) is 5.54. The summed E-state index contributed by atoms with van der Waals surface area (Å²) in [5.41, 5.74) is 0. The van der Waals surface area contributed by atoms with E-state index in [1.165, 1.54) is 0 Å². The summed E-state index contributed by atoms with van der Waals surface area (Å²) in [5.74, 6) is -0.710. The lowest BCUT2D eigenvalue weighted by atomic mass is 10.4. The van der Waals surface area contributed by atoms with E-state index in [1.54, 1.807) is 0 Å². The van der Waals surface area contributed by atoms with Crippen LogP contribution in [0.25, 0.3) is 0 Å². The van der Waals surface area contributed by atoms with Crippen LogP contribution in [-0.2, 0) is 4.74 Å². The molecule has 96 valence electrons. The molecule has 17 heavy (non-hydrogen) atoms.